The molecule has 2 aromatic rings. The van der Waals surface area contributed by atoms with Crippen LogP contribution in [0.1, 0.15) is 0 Å². The first-order chi connectivity index (χ1) is 8.40. The van der Waals surface area contributed by atoms with E-state index in [9.17, 15) is 0 Å². The van der Waals surface area contributed by atoms with Crippen LogP contribution in [-0.4, -0.2) is 0 Å². The van der Waals surface area contributed by atoms with Crippen molar-refractivity contribution in [1.82, 2.24) is 0 Å². The molecule has 0 N–H and O–H groups in total. The summed E-state index contributed by atoms with van der Waals surface area (Å²) in [4.78, 5) is 0. The molecule has 0 saturated heterocycles. The maximum absolute atomic E-state index is 6.13. The fourth-order valence-corrected chi connectivity index (χ4v) is 2.78. The van der Waals surface area contributed by atoms with Crippen LogP contribution in [0.25, 0.3) is 11.1 Å². The van der Waals surface area contributed by atoms with Crippen molar-refractivity contribution in [3.8, 4) is 11.1 Å². The van der Waals surface area contributed by atoms with Gasteiger partial charge in [-0.2, -0.15) is 0 Å². The van der Waals surface area contributed by atoms with Crippen molar-refractivity contribution >= 4 is 69.6 Å². The minimum absolute atomic E-state index is 0.298. The largest absolute Gasteiger partial charge is 0.0843 e. The number of hydrogen-bond acceptors (Lipinski definition) is 0. The summed E-state index contributed by atoms with van der Waals surface area (Å²) in [6.45, 7) is 0. The van der Waals surface area contributed by atoms with Gasteiger partial charge in [-0.15, -0.1) is 0 Å². The molecule has 0 heterocycles. The van der Waals surface area contributed by atoms with Crippen molar-refractivity contribution in [3.63, 3.8) is 0 Å². The Morgan fingerprint density at radius 3 is 1.61 bits per heavy atom. The van der Waals surface area contributed by atoms with Gasteiger partial charge in [-0.1, -0.05) is 69.6 Å². The zero-order valence-corrected chi connectivity index (χ0v) is 13.1. The zero-order valence-electron chi connectivity index (χ0n) is 8.58. The molecule has 0 aliphatic carbocycles. The van der Waals surface area contributed by atoms with Crippen LogP contribution in [0.3, 0.4) is 0 Å². The van der Waals surface area contributed by atoms with Crippen molar-refractivity contribution in [2.75, 3.05) is 0 Å². The maximum Gasteiger partial charge on any atom is 0.0778 e. The first kappa shape index (κ1) is 14.6. The van der Waals surface area contributed by atoms with Gasteiger partial charge in [-0.25, -0.2) is 0 Å². The summed E-state index contributed by atoms with van der Waals surface area (Å²) in [5.41, 5.74) is 1.35. The maximum atomic E-state index is 6.13. The molecule has 0 aromatic heterocycles. The number of benzene rings is 2. The SMILES string of the molecule is Clc1cc(Cl)c(Cl)c(-c2cc(Cl)c(Cl)c(Cl)c2)c1. The first-order valence-corrected chi connectivity index (χ1v) is 6.96. The molecule has 0 amide bonds. The van der Waals surface area contributed by atoms with E-state index < -0.39 is 0 Å². The highest BCUT2D eigenvalue weighted by Crippen LogP contribution is 2.40. The predicted molar refractivity (Wildman–Crippen MR) is 81.9 cm³/mol. The predicted octanol–water partition coefficient (Wildman–Crippen LogP) is 7.27. The molecule has 6 heteroatoms. The van der Waals surface area contributed by atoms with Crippen molar-refractivity contribution in [2.24, 2.45) is 0 Å². The Hall–Kier alpha value is 0.180. The van der Waals surface area contributed by atoms with Crippen LogP contribution >= 0.6 is 69.6 Å². The Bertz CT molecular complexity index is 597. The molecule has 0 bridgehead atoms. The highest BCUT2D eigenvalue weighted by Gasteiger charge is 2.13. The third-order valence-electron chi connectivity index (χ3n) is 2.29. The van der Waals surface area contributed by atoms with Crippen LogP contribution in [0.2, 0.25) is 30.1 Å². The standard InChI is InChI=1S/C12H4Cl6/c13-6-3-7(11(17)10(16)4-6)5-1-8(14)12(18)9(15)2-5/h1-4H. The van der Waals surface area contributed by atoms with Gasteiger partial charge in [0.15, 0.2) is 0 Å². The van der Waals surface area contributed by atoms with Crippen LogP contribution in [0.5, 0.6) is 0 Å². The molecule has 0 unspecified atom stereocenters. The Morgan fingerprint density at radius 1 is 0.556 bits per heavy atom. The molecule has 0 nitrogen and oxygen atoms in total. The summed E-state index contributed by atoms with van der Waals surface area (Å²) >= 11 is 35.9. The number of rotatable bonds is 1. The van der Waals surface area contributed by atoms with E-state index in [1.165, 1.54) is 0 Å². The highest BCUT2D eigenvalue weighted by atomic mass is 35.5. The quantitative estimate of drug-likeness (QED) is 0.370. The van der Waals surface area contributed by atoms with E-state index in [0.29, 0.717) is 41.3 Å². The highest BCUT2D eigenvalue weighted by molar-refractivity contribution is 6.48. The second-order valence-electron chi connectivity index (χ2n) is 3.50. The molecule has 0 radical (unpaired) electrons. The van der Waals surface area contributed by atoms with Gasteiger partial charge in [0.2, 0.25) is 0 Å². The Morgan fingerprint density at radius 2 is 1.06 bits per heavy atom. The molecule has 2 rings (SSSR count). The third kappa shape index (κ3) is 2.85. The smallest absolute Gasteiger partial charge is 0.0778 e. The van der Waals surface area contributed by atoms with E-state index in [2.05, 4.69) is 0 Å². The van der Waals surface area contributed by atoms with E-state index >= 15 is 0 Å². The van der Waals surface area contributed by atoms with Crippen molar-refractivity contribution < 1.29 is 0 Å². The second kappa shape index (κ2) is 5.66. The summed E-state index contributed by atoms with van der Waals surface area (Å²) < 4.78 is 0. The molecule has 0 saturated carbocycles. The summed E-state index contributed by atoms with van der Waals surface area (Å²) in [6, 6.07) is 6.56. The average Bonchev–Trinajstić information content (AvgIpc) is 2.30. The molecular formula is C12H4Cl6. The van der Waals surface area contributed by atoms with Gasteiger partial charge in [0, 0.05) is 10.6 Å². The van der Waals surface area contributed by atoms with E-state index in [4.69, 9.17) is 69.6 Å². The summed E-state index contributed by atoms with van der Waals surface area (Å²) in [5, 5.41) is 2.20. The van der Waals surface area contributed by atoms with Gasteiger partial charge in [-0.3, -0.25) is 0 Å². The Labute approximate surface area is 134 Å². The van der Waals surface area contributed by atoms with Gasteiger partial charge in [0.05, 0.1) is 25.1 Å². The molecule has 0 aliphatic rings. The minimum atomic E-state index is 0.298. The minimum Gasteiger partial charge on any atom is -0.0843 e. The van der Waals surface area contributed by atoms with E-state index in [1.54, 1.807) is 24.3 Å². The lowest BCUT2D eigenvalue weighted by atomic mass is 10.1. The van der Waals surface area contributed by atoms with Gasteiger partial charge < -0.3 is 0 Å². The van der Waals surface area contributed by atoms with Crippen molar-refractivity contribution in [1.29, 1.82) is 0 Å². The lowest BCUT2D eigenvalue weighted by molar-refractivity contribution is 1.61. The summed E-state index contributed by atoms with van der Waals surface area (Å²) in [7, 11) is 0. The van der Waals surface area contributed by atoms with Crippen LogP contribution in [-0.2, 0) is 0 Å². The molecule has 0 aliphatic heterocycles. The van der Waals surface area contributed by atoms with Crippen LogP contribution in [0.4, 0.5) is 0 Å². The lowest BCUT2D eigenvalue weighted by Gasteiger charge is -2.09. The Kier molecular flexibility index (Phi) is 4.59. The van der Waals surface area contributed by atoms with Crippen LogP contribution in [0, 0.1) is 0 Å². The van der Waals surface area contributed by atoms with E-state index in [-0.39, 0.29) is 0 Å². The van der Waals surface area contributed by atoms with Gasteiger partial charge >= 0.3 is 0 Å². The second-order valence-corrected chi connectivity index (χ2v) is 5.92. The Balaban J connectivity index is 2.69. The fourth-order valence-electron chi connectivity index (χ4n) is 1.48. The topological polar surface area (TPSA) is 0 Å². The molecule has 18 heavy (non-hydrogen) atoms. The molecule has 2 aromatic carbocycles. The summed E-state index contributed by atoms with van der Waals surface area (Å²) in [5.74, 6) is 0. The summed E-state index contributed by atoms with van der Waals surface area (Å²) in [6.07, 6.45) is 0. The van der Waals surface area contributed by atoms with Crippen molar-refractivity contribution in [2.45, 2.75) is 0 Å². The molecule has 94 valence electrons. The van der Waals surface area contributed by atoms with Gasteiger partial charge in [-0.05, 0) is 29.8 Å². The van der Waals surface area contributed by atoms with Crippen molar-refractivity contribution in [3.05, 3.63) is 54.4 Å². The van der Waals surface area contributed by atoms with Crippen LogP contribution < -0.4 is 0 Å². The third-order valence-corrected chi connectivity index (χ3v) is 4.50. The zero-order chi connectivity index (χ0) is 13.4. The monoisotopic (exact) mass is 358 g/mol. The van der Waals surface area contributed by atoms with Crippen LogP contribution in [0.15, 0.2) is 24.3 Å². The molecular weight excluding hydrogens is 357 g/mol. The fraction of sp³-hybridized carbons (Fsp3) is 0. The normalized spacial score (nSPS) is 10.8. The van der Waals surface area contributed by atoms with Gasteiger partial charge in [0.1, 0.15) is 0 Å². The molecule has 0 fully saturated rings. The van der Waals surface area contributed by atoms with Gasteiger partial charge in [0.25, 0.3) is 0 Å². The first-order valence-electron chi connectivity index (χ1n) is 4.69. The molecule has 0 atom stereocenters. The number of hydrogen-bond donors (Lipinski definition) is 0. The lowest BCUT2D eigenvalue weighted by Crippen LogP contribution is -1.83. The average molecular weight is 361 g/mol. The van der Waals surface area contributed by atoms with E-state index in [0.717, 1.165) is 0 Å². The number of halogens is 6. The molecule has 0 spiro atoms. The van der Waals surface area contributed by atoms with E-state index in [1.807, 2.05) is 0 Å².